The van der Waals surface area contributed by atoms with E-state index in [1.807, 2.05) is 0 Å². The molecule has 84 valence electrons. The maximum Gasteiger partial charge on any atom is 0.232 e. The lowest BCUT2D eigenvalue weighted by Crippen LogP contribution is -2.39. The van der Waals surface area contributed by atoms with Crippen LogP contribution in [0, 0.1) is 0 Å². The van der Waals surface area contributed by atoms with Gasteiger partial charge in [-0.3, -0.25) is 5.01 Å². The second-order valence-corrected chi connectivity index (χ2v) is 3.87. The fourth-order valence-electron chi connectivity index (χ4n) is 1.34. The van der Waals surface area contributed by atoms with E-state index in [0.29, 0.717) is 16.3 Å². The first kappa shape index (κ1) is 10.9. The number of nitrogens with two attached hydrogens (primary N) is 1. The number of rotatable bonds is 1. The van der Waals surface area contributed by atoms with Crippen LogP contribution in [0.1, 0.15) is 12.5 Å². The van der Waals surface area contributed by atoms with Crippen molar-refractivity contribution in [2.24, 2.45) is 16.1 Å². The summed E-state index contributed by atoms with van der Waals surface area (Å²) in [4.78, 5) is 0. The molecule has 0 aliphatic carbocycles. The van der Waals surface area contributed by atoms with E-state index < -0.39 is 0 Å². The minimum absolute atomic E-state index is 0.0928. The van der Waals surface area contributed by atoms with Crippen LogP contribution in [0.25, 0.3) is 5.70 Å². The SMILES string of the molecule is CC1N=NC(c2ccc(Cl)cc2)=C(O)N1N. The minimum Gasteiger partial charge on any atom is -0.492 e. The molecule has 2 rings (SSSR count). The van der Waals surface area contributed by atoms with Crippen molar-refractivity contribution in [3.05, 3.63) is 40.7 Å². The van der Waals surface area contributed by atoms with Gasteiger partial charge in [-0.05, 0) is 19.1 Å². The average Bonchev–Trinajstić information content (AvgIpc) is 2.28. The summed E-state index contributed by atoms with van der Waals surface area (Å²) in [6.07, 6.45) is -0.365. The Balaban J connectivity index is 2.41. The van der Waals surface area contributed by atoms with Gasteiger partial charge < -0.3 is 5.11 Å². The molecule has 1 aliphatic rings. The number of aliphatic hydroxyl groups is 1. The molecule has 0 fully saturated rings. The van der Waals surface area contributed by atoms with Crippen molar-refractivity contribution in [3.63, 3.8) is 0 Å². The van der Waals surface area contributed by atoms with Crippen molar-refractivity contribution >= 4 is 17.3 Å². The lowest BCUT2D eigenvalue weighted by molar-refractivity contribution is 0.155. The molecule has 5 nitrogen and oxygen atoms in total. The number of benzene rings is 1. The van der Waals surface area contributed by atoms with E-state index in [1.165, 1.54) is 0 Å². The van der Waals surface area contributed by atoms with Crippen LogP contribution in [-0.2, 0) is 0 Å². The van der Waals surface area contributed by atoms with E-state index in [0.717, 1.165) is 5.01 Å². The number of azo groups is 1. The summed E-state index contributed by atoms with van der Waals surface area (Å²) in [6.45, 7) is 1.73. The Hall–Kier alpha value is -1.59. The van der Waals surface area contributed by atoms with Gasteiger partial charge in [0.2, 0.25) is 5.88 Å². The second kappa shape index (κ2) is 4.11. The molecule has 0 aromatic heterocycles. The van der Waals surface area contributed by atoms with E-state index >= 15 is 0 Å². The van der Waals surface area contributed by atoms with Crippen LogP contribution in [0.4, 0.5) is 0 Å². The van der Waals surface area contributed by atoms with Gasteiger partial charge in [-0.1, -0.05) is 23.7 Å². The van der Waals surface area contributed by atoms with Crippen molar-refractivity contribution < 1.29 is 5.11 Å². The van der Waals surface area contributed by atoms with Gasteiger partial charge in [0.1, 0.15) is 0 Å². The zero-order valence-corrected chi connectivity index (χ0v) is 9.39. The van der Waals surface area contributed by atoms with E-state index in [1.54, 1.807) is 31.2 Å². The number of halogens is 1. The van der Waals surface area contributed by atoms with Gasteiger partial charge in [-0.25, -0.2) is 5.84 Å². The van der Waals surface area contributed by atoms with Crippen LogP contribution < -0.4 is 5.84 Å². The highest BCUT2D eigenvalue weighted by atomic mass is 35.5. The van der Waals surface area contributed by atoms with Gasteiger partial charge in [-0.15, -0.1) is 5.11 Å². The normalized spacial score (nSPS) is 20.4. The molecule has 3 N–H and O–H groups in total. The number of aliphatic hydroxyl groups excluding tert-OH is 1. The molecule has 1 heterocycles. The van der Waals surface area contributed by atoms with Crippen molar-refractivity contribution in [3.8, 4) is 0 Å². The van der Waals surface area contributed by atoms with E-state index in [4.69, 9.17) is 17.4 Å². The molecule has 0 radical (unpaired) electrons. The Morgan fingerprint density at radius 2 is 2.00 bits per heavy atom. The second-order valence-electron chi connectivity index (χ2n) is 3.43. The lowest BCUT2D eigenvalue weighted by Gasteiger charge is -2.25. The zero-order valence-electron chi connectivity index (χ0n) is 8.63. The number of hydrazine groups is 1. The Labute approximate surface area is 97.8 Å². The first-order chi connectivity index (χ1) is 7.59. The van der Waals surface area contributed by atoms with E-state index in [-0.39, 0.29) is 12.0 Å². The van der Waals surface area contributed by atoms with Crippen LogP contribution in [0.5, 0.6) is 0 Å². The molecule has 16 heavy (non-hydrogen) atoms. The molecule has 1 aliphatic heterocycles. The number of nitrogens with zero attached hydrogens (tertiary/aromatic N) is 3. The first-order valence-corrected chi connectivity index (χ1v) is 5.11. The number of hydrogen-bond acceptors (Lipinski definition) is 5. The molecule has 1 unspecified atom stereocenters. The third-order valence-corrected chi connectivity index (χ3v) is 2.55. The van der Waals surface area contributed by atoms with Crippen molar-refractivity contribution in [2.45, 2.75) is 13.1 Å². The summed E-state index contributed by atoms with van der Waals surface area (Å²) < 4.78 is 0. The maximum atomic E-state index is 9.82. The van der Waals surface area contributed by atoms with Crippen LogP contribution in [0.2, 0.25) is 5.02 Å². The summed E-state index contributed by atoms with van der Waals surface area (Å²) in [5, 5.41) is 19.5. The largest absolute Gasteiger partial charge is 0.492 e. The average molecular weight is 239 g/mol. The third-order valence-electron chi connectivity index (χ3n) is 2.30. The molecular weight excluding hydrogens is 228 g/mol. The van der Waals surface area contributed by atoms with Gasteiger partial charge in [0.25, 0.3) is 0 Å². The third kappa shape index (κ3) is 1.87. The molecule has 0 saturated heterocycles. The summed E-state index contributed by atoms with van der Waals surface area (Å²) in [5.41, 5.74) is 1.06. The molecule has 6 heteroatoms. The van der Waals surface area contributed by atoms with E-state index in [9.17, 15) is 5.11 Å². The van der Waals surface area contributed by atoms with Gasteiger partial charge in [-0.2, -0.15) is 5.11 Å². The monoisotopic (exact) mass is 238 g/mol. The van der Waals surface area contributed by atoms with Crippen LogP contribution in [0.3, 0.4) is 0 Å². The Morgan fingerprint density at radius 3 is 2.62 bits per heavy atom. The zero-order chi connectivity index (χ0) is 11.7. The van der Waals surface area contributed by atoms with E-state index in [2.05, 4.69) is 10.2 Å². The van der Waals surface area contributed by atoms with Gasteiger partial charge >= 0.3 is 0 Å². The van der Waals surface area contributed by atoms with Crippen LogP contribution in [-0.4, -0.2) is 16.3 Å². The maximum absolute atomic E-state index is 9.82. The fourth-order valence-corrected chi connectivity index (χ4v) is 1.46. The first-order valence-electron chi connectivity index (χ1n) is 4.73. The predicted molar refractivity (Wildman–Crippen MR) is 61.3 cm³/mol. The van der Waals surface area contributed by atoms with Crippen LogP contribution >= 0.6 is 11.6 Å². The summed E-state index contributed by atoms with van der Waals surface area (Å²) >= 11 is 5.77. The summed E-state index contributed by atoms with van der Waals surface area (Å²) in [5.74, 6) is 5.53. The highest BCUT2D eigenvalue weighted by molar-refractivity contribution is 6.30. The minimum atomic E-state index is -0.365. The molecule has 1 aromatic carbocycles. The van der Waals surface area contributed by atoms with Crippen molar-refractivity contribution in [1.29, 1.82) is 0 Å². The lowest BCUT2D eigenvalue weighted by atomic mass is 10.1. The summed E-state index contributed by atoms with van der Waals surface area (Å²) in [6, 6.07) is 6.92. The molecule has 1 aromatic rings. The molecular formula is C10H11ClN4O. The molecule has 0 bridgehead atoms. The molecule has 1 atom stereocenters. The predicted octanol–water partition coefficient (Wildman–Crippen LogP) is 2.51. The Bertz CT molecular complexity index is 454. The summed E-state index contributed by atoms with van der Waals surface area (Å²) in [7, 11) is 0. The highest BCUT2D eigenvalue weighted by Crippen LogP contribution is 2.26. The Morgan fingerprint density at radius 1 is 1.38 bits per heavy atom. The van der Waals surface area contributed by atoms with Gasteiger partial charge in [0.05, 0.1) is 0 Å². The quantitative estimate of drug-likeness (QED) is 0.739. The smallest absolute Gasteiger partial charge is 0.232 e. The molecule has 0 saturated carbocycles. The molecule has 0 spiro atoms. The van der Waals surface area contributed by atoms with Gasteiger partial charge in [0, 0.05) is 10.6 Å². The van der Waals surface area contributed by atoms with Crippen LogP contribution in [0.15, 0.2) is 40.4 Å². The topological polar surface area (TPSA) is 74.2 Å². The number of hydrogen-bond donors (Lipinski definition) is 2. The molecule has 0 amide bonds. The van der Waals surface area contributed by atoms with Crippen molar-refractivity contribution in [1.82, 2.24) is 5.01 Å². The van der Waals surface area contributed by atoms with Gasteiger partial charge in [0.15, 0.2) is 11.9 Å². The standard InChI is InChI=1S/C10H11ClN4O/c1-6-13-14-9(10(16)15(6)12)7-2-4-8(11)5-3-7/h2-6,16H,12H2,1H3. The highest BCUT2D eigenvalue weighted by Gasteiger charge is 2.22. The Kier molecular flexibility index (Phi) is 2.80. The fraction of sp³-hybridized carbons (Fsp3) is 0.200. The van der Waals surface area contributed by atoms with Crippen molar-refractivity contribution in [2.75, 3.05) is 0 Å².